The van der Waals surface area contributed by atoms with Crippen molar-refractivity contribution in [1.82, 2.24) is 9.78 Å². The van der Waals surface area contributed by atoms with E-state index in [1.807, 2.05) is 33.0 Å². The van der Waals surface area contributed by atoms with Crippen molar-refractivity contribution >= 4 is 23.6 Å². The summed E-state index contributed by atoms with van der Waals surface area (Å²) >= 11 is 0. The Morgan fingerprint density at radius 3 is 2.46 bits per heavy atom. The Morgan fingerprint density at radius 1 is 1.25 bits per heavy atom. The molecule has 24 heavy (non-hydrogen) atoms. The van der Waals surface area contributed by atoms with Gasteiger partial charge in [-0.25, -0.2) is 4.79 Å². The van der Waals surface area contributed by atoms with Crippen LogP contribution in [0.2, 0.25) is 0 Å². The van der Waals surface area contributed by atoms with Gasteiger partial charge >= 0.3 is 5.97 Å². The number of aryl methyl sites for hydroxylation is 2. The van der Waals surface area contributed by atoms with Gasteiger partial charge in [-0.15, -0.1) is 0 Å². The van der Waals surface area contributed by atoms with E-state index < -0.39 is 0 Å². The maximum atomic E-state index is 12.4. The normalized spacial score (nSPS) is 10.8. The van der Waals surface area contributed by atoms with Gasteiger partial charge in [0, 0.05) is 24.5 Å². The fourth-order valence-electron chi connectivity index (χ4n) is 2.33. The number of amides is 1. The molecule has 0 aliphatic heterocycles. The number of carbonyl (C=O) groups is 2. The zero-order valence-corrected chi connectivity index (χ0v) is 14.3. The Bertz CT molecular complexity index is 774. The highest BCUT2D eigenvalue weighted by molar-refractivity contribution is 6.05. The molecule has 1 N–H and O–H groups in total. The number of carbonyl (C=O) groups excluding carboxylic acids is 2. The Balaban J connectivity index is 2.06. The lowest BCUT2D eigenvalue weighted by Gasteiger charge is -2.06. The maximum Gasteiger partial charge on any atom is 0.330 e. The van der Waals surface area contributed by atoms with Gasteiger partial charge in [-0.1, -0.05) is 12.1 Å². The third kappa shape index (κ3) is 4.10. The van der Waals surface area contributed by atoms with Crippen molar-refractivity contribution < 1.29 is 14.3 Å². The van der Waals surface area contributed by atoms with E-state index in [0.717, 1.165) is 11.3 Å². The standard InChI is InChI=1S/C18H21N3O3/c1-5-24-16(22)11-8-14-6-9-15(10-7-14)19-18(23)17-12(2)20-21(4)13(17)3/h6-11H,5H2,1-4H3,(H,19,23)/b11-8+. The molecule has 126 valence electrons. The fraction of sp³-hybridized carbons (Fsp3) is 0.278. The van der Waals surface area contributed by atoms with Crippen LogP contribution in [0.1, 0.15) is 34.2 Å². The van der Waals surface area contributed by atoms with Crippen LogP contribution in [0.15, 0.2) is 30.3 Å². The summed E-state index contributed by atoms with van der Waals surface area (Å²) in [4.78, 5) is 23.7. The molecule has 0 radical (unpaired) electrons. The van der Waals surface area contributed by atoms with Crippen LogP contribution in [-0.2, 0) is 16.6 Å². The molecule has 0 aliphatic rings. The van der Waals surface area contributed by atoms with E-state index in [4.69, 9.17) is 4.74 Å². The molecule has 1 heterocycles. The minimum absolute atomic E-state index is 0.187. The number of benzene rings is 1. The van der Waals surface area contributed by atoms with Crippen molar-refractivity contribution in [2.45, 2.75) is 20.8 Å². The molecule has 2 rings (SSSR count). The first-order valence-electron chi connectivity index (χ1n) is 7.68. The van der Waals surface area contributed by atoms with Crippen LogP contribution in [0.3, 0.4) is 0 Å². The highest BCUT2D eigenvalue weighted by Crippen LogP contribution is 2.16. The predicted molar refractivity (Wildman–Crippen MR) is 92.7 cm³/mol. The number of nitrogens with one attached hydrogen (secondary N) is 1. The second kappa shape index (κ2) is 7.59. The first kappa shape index (κ1) is 17.5. The molecule has 1 amide bonds. The molecular weight excluding hydrogens is 306 g/mol. The van der Waals surface area contributed by atoms with Gasteiger partial charge in [0.05, 0.1) is 17.9 Å². The first-order valence-corrected chi connectivity index (χ1v) is 7.68. The van der Waals surface area contributed by atoms with Crippen molar-refractivity contribution in [3.05, 3.63) is 52.9 Å². The largest absolute Gasteiger partial charge is 0.463 e. The molecule has 0 unspecified atom stereocenters. The van der Waals surface area contributed by atoms with Crippen molar-refractivity contribution in [2.75, 3.05) is 11.9 Å². The van der Waals surface area contributed by atoms with Crippen LogP contribution >= 0.6 is 0 Å². The van der Waals surface area contributed by atoms with Crippen molar-refractivity contribution in [2.24, 2.45) is 7.05 Å². The molecule has 6 nitrogen and oxygen atoms in total. The SMILES string of the molecule is CCOC(=O)/C=C/c1ccc(NC(=O)c2c(C)nn(C)c2C)cc1. The molecular formula is C18H21N3O3. The molecule has 1 aromatic carbocycles. The highest BCUT2D eigenvalue weighted by atomic mass is 16.5. The lowest BCUT2D eigenvalue weighted by Crippen LogP contribution is -2.14. The number of aromatic nitrogens is 2. The minimum atomic E-state index is -0.377. The van der Waals surface area contributed by atoms with Crippen LogP contribution in [0.25, 0.3) is 6.08 Å². The molecule has 0 fully saturated rings. The topological polar surface area (TPSA) is 73.2 Å². The Morgan fingerprint density at radius 2 is 1.92 bits per heavy atom. The fourth-order valence-corrected chi connectivity index (χ4v) is 2.33. The molecule has 0 bridgehead atoms. The van der Waals surface area contributed by atoms with Crippen LogP contribution in [0, 0.1) is 13.8 Å². The van der Waals surface area contributed by atoms with Crippen molar-refractivity contribution in [3.63, 3.8) is 0 Å². The van der Waals surface area contributed by atoms with Gasteiger partial charge in [-0.05, 0) is 44.5 Å². The summed E-state index contributed by atoms with van der Waals surface area (Å²) in [5, 5.41) is 7.10. The minimum Gasteiger partial charge on any atom is -0.463 e. The van der Waals surface area contributed by atoms with E-state index in [2.05, 4.69) is 10.4 Å². The second-order valence-electron chi connectivity index (χ2n) is 5.33. The second-order valence-corrected chi connectivity index (χ2v) is 5.33. The molecule has 1 aromatic heterocycles. The summed E-state index contributed by atoms with van der Waals surface area (Å²) in [6, 6.07) is 7.19. The molecule has 0 spiro atoms. The average Bonchev–Trinajstić information content (AvgIpc) is 2.79. The van der Waals surface area contributed by atoms with E-state index >= 15 is 0 Å². The Labute approximate surface area is 141 Å². The van der Waals surface area contributed by atoms with Crippen LogP contribution in [-0.4, -0.2) is 28.3 Å². The Hall–Kier alpha value is -2.89. The Kier molecular flexibility index (Phi) is 5.52. The lowest BCUT2D eigenvalue weighted by molar-refractivity contribution is -0.137. The number of rotatable bonds is 5. The molecule has 2 aromatic rings. The van der Waals surface area contributed by atoms with E-state index in [0.29, 0.717) is 23.6 Å². The summed E-state index contributed by atoms with van der Waals surface area (Å²) in [6.45, 7) is 5.78. The van der Waals surface area contributed by atoms with Gasteiger partial charge in [-0.3, -0.25) is 9.48 Å². The van der Waals surface area contributed by atoms with Gasteiger partial charge in [-0.2, -0.15) is 5.10 Å². The molecule has 0 aliphatic carbocycles. The molecule has 6 heteroatoms. The third-order valence-corrected chi connectivity index (χ3v) is 3.60. The lowest BCUT2D eigenvalue weighted by atomic mass is 10.1. The maximum absolute atomic E-state index is 12.4. The smallest absolute Gasteiger partial charge is 0.330 e. The summed E-state index contributed by atoms with van der Waals surface area (Å²) < 4.78 is 6.51. The van der Waals surface area contributed by atoms with Crippen LogP contribution in [0.4, 0.5) is 5.69 Å². The van der Waals surface area contributed by atoms with E-state index in [1.165, 1.54) is 6.08 Å². The van der Waals surface area contributed by atoms with E-state index in [-0.39, 0.29) is 11.9 Å². The summed E-state index contributed by atoms with van der Waals surface area (Å²) in [6.07, 6.45) is 3.04. The molecule has 0 saturated carbocycles. The van der Waals surface area contributed by atoms with Gasteiger partial charge < -0.3 is 10.1 Å². The van der Waals surface area contributed by atoms with Crippen LogP contribution in [0.5, 0.6) is 0 Å². The van der Waals surface area contributed by atoms with E-state index in [9.17, 15) is 9.59 Å². The van der Waals surface area contributed by atoms with Crippen molar-refractivity contribution in [1.29, 1.82) is 0 Å². The number of anilines is 1. The summed E-state index contributed by atoms with van der Waals surface area (Å²) in [5.74, 6) is -0.565. The van der Waals surface area contributed by atoms with Gasteiger partial charge in [0.25, 0.3) is 5.91 Å². The zero-order chi connectivity index (χ0) is 17.7. The van der Waals surface area contributed by atoms with Gasteiger partial charge in [0.2, 0.25) is 0 Å². The zero-order valence-electron chi connectivity index (χ0n) is 14.3. The van der Waals surface area contributed by atoms with Crippen molar-refractivity contribution in [3.8, 4) is 0 Å². The number of hydrogen-bond donors (Lipinski definition) is 1. The average molecular weight is 327 g/mol. The number of esters is 1. The van der Waals surface area contributed by atoms with Crippen LogP contribution < -0.4 is 5.32 Å². The predicted octanol–water partition coefficient (Wildman–Crippen LogP) is 2.87. The molecule has 0 atom stereocenters. The number of hydrogen-bond acceptors (Lipinski definition) is 4. The number of ether oxygens (including phenoxy) is 1. The number of nitrogens with zero attached hydrogens (tertiary/aromatic N) is 2. The van der Waals surface area contributed by atoms with E-state index in [1.54, 1.807) is 29.8 Å². The third-order valence-electron chi connectivity index (χ3n) is 3.60. The summed E-state index contributed by atoms with van der Waals surface area (Å²) in [7, 11) is 1.81. The summed E-state index contributed by atoms with van der Waals surface area (Å²) in [5.41, 5.74) is 3.62. The quantitative estimate of drug-likeness (QED) is 0.677. The van der Waals surface area contributed by atoms with Gasteiger partial charge in [0.15, 0.2) is 0 Å². The molecule has 0 saturated heterocycles. The first-order chi connectivity index (χ1) is 11.4. The van der Waals surface area contributed by atoms with Gasteiger partial charge in [0.1, 0.15) is 0 Å². The monoisotopic (exact) mass is 327 g/mol. The highest BCUT2D eigenvalue weighted by Gasteiger charge is 2.17.